The highest BCUT2D eigenvalue weighted by atomic mass is 16.8. The van der Waals surface area contributed by atoms with E-state index in [-0.39, 0.29) is 61.3 Å². The van der Waals surface area contributed by atoms with E-state index in [0.29, 0.717) is 44.3 Å². The van der Waals surface area contributed by atoms with Gasteiger partial charge < -0.3 is 33.2 Å². The molecule has 44 heavy (non-hydrogen) atoms. The SMILES string of the molecule is CCOC(=O)CCCCCCOC(=O)C1=C(COC(C)=O)[C@@H]2C[C@@H]3O[C@@]34[C@H](OC(C)=O)[C@@]3(C(C)C)O[C@H]3[C@@H]3O[C@@]34[C@@]2(C)CC1. The molecule has 2 saturated carbocycles. The molecule has 3 aliphatic heterocycles. The van der Waals surface area contributed by atoms with Crippen LogP contribution in [-0.4, -0.2) is 84.9 Å². The molecule has 5 fully saturated rings. The molecule has 244 valence electrons. The fourth-order valence-electron chi connectivity index (χ4n) is 9.17. The molecule has 0 N–H and O–H groups in total. The van der Waals surface area contributed by atoms with E-state index in [1.54, 1.807) is 6.92 Å². The highest BCUT2D eigenvalue weighted by Crippen LogP contribution is 2.83. The fourth-order valence-corrected chi connectivity index (χ4v) is 9.17. The number of epoxide rings is 3. The third-order valence-electron chi connectivity index (χ3n) is 11.2. The molecule has 0 radical (unpaired) electrons. The van der Waals surface area contributed by atoms with E-state index in [4.69, 9.17) is 33.2 Å². The molecule has 11 nitrogen and oxygen atoms in total. The Morgan fingerprint density at radius 1 is 0.932 bits per heavy atom. The molecule has 0 unspecified atom stereocenters. The maximum absolute atomic E-state index is 13.5. The Kier molecular flexibility index (Phi) is 7.93. The lowest BCUT2D eigenvalue weighted by atomic mass is 9.46. The molecular weight excluding hydrogens is 572 g/mol. The summed E-state index contributed by atoms with van der Waals surface area (Å²) in [6.07, 6.45) is 3.91. The average molecular weight is 619 g/mol. The first-order valence-electron chi connectivity index (χ1n) is 16.3. The zero-order chi connectivity index (χ0) is 31.7. The van der Waals surface area contributed by atoms with Crippen molar-refractivity contribution in [3.8, 4) is 0 Å². The number of esters is 4. The summed E-state index contributed by atoms with van der Waals surface area (Å²) in [6.45, 7) is 11.6. The Labute approximate surface area is 258 Å². The number of carbonyl (C=O) groups is 4. The van der Waals surface area contributed by atoms with E-state index in [9.17, 15) is 19.2 Å². The first kappa shape index (κ1) is 31.5. The van der Waals surface area contributed by atoms with Crippen molar-refractivity contribution in [2.24, 2.45) is 17.3 Å². The van der Waals surface area contributed by atoms with Gasteiger partial charge in [0.15, 0.2) is 11.7 Å². The van der Waals surface area contributed by atoms with Gasteiger partial charge >= 0.3 is 23.9 Å². The number of ether oxygens (including phenoxy) is 7. The van der Waals surface area contributed by atoms with E-state index < -0.39 is 34.3 Å². The third kappa shape index (κ3) is 4.47. The van der Waals surface area contributed by atoms with Crippen LogP contribution in [0.25, 0.3) is 0 Å². The second kappa shape index (κ2) is 11.1. The van der Waals surface area contributed by atoms with Gasteiger partial charge in [0.2, 0.25) is 0 Å². The molecule has 0 aromatic carbocycles. The number of fused-ring (bicyclic) bond motifs is 3. The lowest BCUT2D eigenvalue weighted by Gasteiger charge is -2.54. The predicted molar refractivity (Wildman–Crippen MR) is 153 cm³/mol. The van der Waals surface area contributed by atoms with Gasteiger partial charge in [0, 0.05) is 31.3 Å². The molecule has 6 rings (SSSR count). The van der Waals surface area contributed by atoms with Gasteiger partial charge in [0.25, 0.3) is 0 Å². The Morgan fingerprint density at radius 2 is 1.68 bits per heavy atom. The zero-order valence-corrected chi connectivity index (χ0v) is 26.7. The molecule has 9 atom stereocenters. The molecule has 11 heteroatoms. The standard InChI is InChI=1S/C33H46O11/c1-7-38-25(36)12-10-8-9-11-15-39-28(37)21-13-14-30(6)23(22(21)17-40-19(4)34)16-24-32(42-24)29(41-20(5)35)31(18(2)3)26(43-31)27-33(30,32)44-27/h18,23-24,26-27,29H,7-17H2,1-6H3/t23-,24-,26-,27-,29+,30-,31-,32+,33+/m0/s1. The number of rotatable bonds is 13. The number of hydrogen-bond donors (Lipinski definition) is 0. The molecule has 0 aromatic heterocycles. The molecule has 3 aliphatic carbocycles. The smallest absolute Gasteiger partial charge is 0.334 e. The second-order valence-corrected chi connectivity index (χ2v) is 13.8. The monoisotopic (exact) mass is 618 g/mol. The Balaban J connectivity index is 1.20. The molecule has 0 aromatic rings. The summed E-state index contributed by atoms with van der Waals surface area (Å²) in [5.41, 5.74) is -1.35. The van der Waals surface area contributed by atoms with Gasteiger partial charge in [-0.2, -0.15) is 0 Å². The van der Waals surface area contributed by atoms with E-state index in [0.717, 1.165) is 24.8 Å². The van der Waals surface area contributed by atoms with Crippen LogP contribution in [0.1, 0.15) is 92.9 Å². The van der Waals surface area contributed by atoms with Gasteiger partial charge in [0.05, 0.1) is 19.3 Å². The van der Waals surface area contributed by atoms with E-state index in [2.05, 4.69) is 20.8 Å². The summed E-state index contributed by atoms with van der Waals surface area (Å²) in [6, 6.07) is 0. The maximum Gasteiger partial charge on any atom is 0.334 e. The summed E-state index contributed by atoms with van der Waals surface area (Å²) < 4.78 is 42.0. The van der Waals surface area contributed by atoms with Crippen molar-refractivity contribution in [2.45, 2.75) is 134 Å². The van der Waals surface area contributed by atoms with Crippen molar-refractivity contribution in [1.29, 1.82) is 0 Å². The molecule has 3 heterocycles. The summed E-state index contributed by atoms with van der Waals surface area (Å²) in [5, 5.41) is 0. The van der Waals surface area contributed by atoms with Crippen LogP contribution in [0, 0.1) is 17.3 Å². The lowest BCUT2D eigenvalue weighted by Crippen LogP contribution is -2.70. The first-order valence-corrected chi connectivity index (χ1v) is 16.3. The molecule has 0 bridgehead atoms. The summed E-state index contributed by atoms with van der Waals surface area (Å²) in [4.78, 5) is 49.3. The summed E-state index contributed by atoms with van der Waals surface area (Å²) in [5.74, 6) is -1.44. The Morgan fingerprint density at radius 3 is 2.36 bits per heavy atom. The topological polar surface area (TPSA) is 143 Å². The van der Waals surface area contributed by atoms with Gasteiger partial charge in [0.1, 0.15) is 30.0 Å². The minimum atomic E-state index is -0.816. The molecule has 2 spiro atoms. The largest absolute Gasteiger partial charge is 0.466 e. The Hall–Kier alpha value is -2.50. The van der Waals surface area contributed by atoms with Gasteiger partial charge in [-0.1, -0.05) is 33.6 Å². The Bertz CT molecular complexity index is 1260. The van der Waals surface area contributed by atoms with Gasteiger partial charge in [-0.3, -0.25) is 14.4 Å². The van der Waals surface area contributed by atoms with E-state index >= 15 is 0 Å². The normalized spacial score (nSPS) is 40.4. The van der Waals surface area contributed by atoms with E-state index in [1.165, 1.54) is 13.8 Å². The highest BCUT2D eigenvalue weighted by molar-refractivity contribution is 5.90. The first-order chi connectivity index (χ1) is 20.9. The van der Waals surface area contributed by atoms with Crippen LogP contribution in [0.2, 0.25) is 0 Å². The lowest BCUT2D eigenvalue weighted by molar-refractivity contribution is -0.167. The van der Waals surface area contributed by atoms with Crippen molar-refractivity contribution < 1.29 is 52.3 Å². The van der Waals surface area contributed by atoms with Crippen LogP contribution in [0.4, 0.5) is 0 Å². The van der Waals surface area contributed by atoms with Gasteiger partial charge in [-0.05, 0) is 56.4 Å². The molecular formula is C33H46O11. The van der Waals surface area contributed by atoms with Crippen LogP contribution in [0.15, 0.2) is 11.1 Å². The predicted octanol–water partition coefficient (Wildman–Crippen LogP) is 3.74. The van der Waals surface area contributed by atoms with Crippen LogP contribution in [0.3, 0.4) is 0 Å². The summed E-state index contributed by atoms with van der Waals surface area (Å²) in [7, 11) is 0. The summed E-state index contributed by atoms with van der Waals surface area (Å²) >= 11 is 0. The van der Waals surface area contributed by atoms with Crippen LogP contribution in [0.5, 0.6) is 0 Å². The van der Waals surface area contributed by atoms with Crippen LogP contribution in [-0.2, 0) is 52.3 Å². The molecule has 0 amide bonds. The van der Waals surface area contributed by atoms with Gasteiger partial charge in [-0.15, -0.1) is 0 Å². The molecule has 6 aliphatic rings. The number of carbonyl (C=O) groups excluding carboxylic acids is 4. The third-order valence-corrected chi connectivity index (χ3v) is 11.2. The van der Waals surface area contributed by atoms with Crippen molar-refractivity contribution in [3.63, 3.8) is 0 Å². The quantitative estimate of drug-likeness (QED) is 0.129. The fraction of sp³-hybridized carbons (Fsp3) is 0.818. The highest BCUT2D eigenvalue weighted by Gasteiger charge is 3.01. The minimum Gasteiger partial charge on any atom is -0.466 e. The van der Waals surface area contributed by atoms with E-state index in [1.807, 2.05) is 0 Å². The average Bonchev–Trinajstić information content (AvgIpc) is 3.85. The molecule has 3 saturated heterocycles. The zero-order valence-electron chi connectivity index (χ0n) is 26.7. The number of hydrogen-bond acceptors (Lipinski definition) is 11. The maximum atomic E-state index is 13.5. The van der Waals surface area contributed by atoms with Crippen LogP contribution < -0.4 is 0 Å². The number of unbranched alkanes of at least 4 members (excludes halogenated alkanes) is 3. The van der Waals surface area contributed by atoms with Crippen molar-refractivity contribution in [1.82, 2.24) is 0 Å². The van der Waals surface area contributed by atoms with Gasteiger partial charge in [-0.25, -0.2) is 4.79 Å². The van der Waals surface area contributed by atoms with Crippen molar-refractivity contribution in [2.75, 3.05) is 19.8 Å². The van der Waals surface area contributed by atoms with Crippen LogP contribution >= 0.6 is 0 Å². The van der Waals surface area contributed by atoms with Crippen molar-refractivity contribution >= 4 is 23.9 Å². The second-order valence-electron chi connectivity index (χ2n) is 13.8. The van der Waals surface area contributed by atoms with Crippen molar-refractivity contribution in [3.05, 3.63) is 11.1 Å². The minimum absolute atomic E-state index is 0.00240.